The second-order valence-electron chi connectivity index (χ2n) is 7.60. The van der Waals surface area contributed by atoms with Gasteiger partial charge in [0.2, 0.25) is 5.95 Å². The number of rotatable bonds is 8. The Labute approximate surface area is 181 Å². The van der Waals surface area contributed by atoms with Gasteiger partial charge in [0.1, 0.15) is 5.75 Å². The van der Waals surface area contributed by atoms with Crippen molar-refractivity contribution in [3.63, 3.8) is 0 Å². The number of benzene rings is 1. The molecule has 0 unspecified atom stereocenters. The first-order chi connectivity index (χ1) is 15.2. The summed E-state index contributed by atoms with van der Waals surface area (Å²) in [5.74, 6) is 2.20. The van der Waals surface area contributed by atoms with Gasteiger partial charge in [0.25, 0.3) is 0 Å². The van der Waals surface area contributed by atoms with Crippen molar-refractivity contribution >= 4 is 17.7 Å². The molecule has 3 heterocycles. The maximum absolute atomic E-state index is 12.4. The number of anilines is 1. The van der Waals surface area contributed by atoms with E-state index in [1.165, 1.54) is 31.4 Å². The number of alkyl halides is 2. The number of hydrogen-bond acceptors (Lipinski definition) is 8. The van der Waals surface area contributed by atoms with Crippen LogP contribution in [0.4, 0.5) is 14.7 Å². The molecule has 1 saturated heterocycles. The summed E-state index contributed by atoms with van der Waals surface area (Å²) >= 11 is 1.55. The number of piperidine rings is 1. The number of thioether (sulfide) groups is 1. The van der Waals surface area contributed by atoms with Crippen LogP contribution in [-0.2, 0) is 5.75 Å². The summed E-state index contributed by atoms with van der Waals surface area (Å²) in [4.78, 5) is 2.34. The highest BCUT2D eigenvalue weighted by Gasteiger charge is 2.32. The van der Waals surface area contributed by atoms with Crippen molar-refractivity contribution in [2.24, 2.45) is 0 Å². The van der Waals surface area contributed by atoms with Gasteiger partial charge in [-0.3, -0.25) is 4.57 Å². The molecule has 2 fully saturated rings. The van der Waals surface area contributed by atoms with E-state index in [9.17, 15) is 8.78 Å². The van der Waals surface area contributed by atoms with E-state index in [-0.39, 0.29) is 5.75 Å². The van der Waals surface area contributed by atoms with Gasteiger partial charge in [0, 0.05) is 19.1 Å². The summed E-state index contributed by atoms with van der Waals surface area (Å²) in [7, 11) is 0. The Balaban J connectivity index is 1.31. The molecule has 9 nitrogen and oxygen atoms in total. The van der Waals surface area contributed by atoms with Gasteiger partial charge in [-0.1, -0.05) is 11.8 Å². The predicted molar refractivity (Wildman–Crippen MR) is 110 cm³/mol. The molecule has 0 spiro atoms. The van der Waals surface area contributed by atoms with Gasteiger partial charge in [-0.15, -0.1) is 15.3 Å². The molecule has 0 radical (unpaired) electrons. The Hall–Kier alpha value is -2.76. The standard InChI is InChI=1S/C19H22F2N8OS/c20-17(21)30-15-8-6-14(7-9-15)29-16(22-25-26-29)12-31-19-24-23-18(28(19)13-4-5-13)27-10-2-1-3-11-27/h6-9,13,17H,1-5,10-12H2. The molecule has 1 aliphatic carbocycles. The Morgan fingerprint density at radius 1 is 1.03 bits per heavy atom. The van der Waals surface area contributed by atoms with E-state index in [0.29, 0.717) is 23.3 Å². The van der Waals surface area contributed by atoms with Gasteiger partial charge in [0.05, 0.1) is 11.4 Å². The fraction of sp³-hybridized carbons (Fsp3) is 0.526. The van der Waals surface area contributed by atoms with Gasteiger partial charge in [0.15, 0.2) is 11.0 Å². The predicted octanol–water partition coefficient (Wildman–Crippen LogP) is 3.47. The fourth-order valence-corrected chi connectivity index (χ4v) is 4.63. The van der Waals surface area contributed by atoms with E-state index in [0.717, 1.165) is 37.0 Å². The Kier molecular flexibility index (Phi) is 5.70. The van der Waals surface area contributed by atoms with E-state index < -0.39 is 6.61 Å². The highest BCUT2D eigenvalue weighted by molar-refractivity contribution is 7.98. The van der Waals surface area contributed by atoms with Crippen molar-refractivity contribution in [1.82, 2.24) is 35.0 Å². The SMILES string of the molecule is FC(F)Oc1ccc(-n2nnnc2CSc2nnc(N3CCCCC3)n2C2CC2)cc1. The summed E-state index contributed by atoms with van der Waals surface area (Å²) in [5.41, 5.74) is 0.667. The third-order valence-electron chi connectivity index (χ3n) is 5.37. The van der Waals surface area contributed by atoms with Gasteiger partial charge in [-0.05, 0) is 66.8 Å². The van der Waals surface area contributed by atoms with E-state index >= 15 is 0 Å². The zero-order valence-electron chi connectivity index (χ0n) is 16.8. The van der Waals surface area contributed by atoms with Crippen LogP contribution in [0.2, 0.25) is 0 Å². The minimum atomic E-state index is -2.86. The molecule has 31 heavy (non-hydrogen) atoms. The van der Waals surface area contributed by atoms with Crippen LogP contribution in [0.3, 0.4) is 0 Å². The molecular weight excluding hydrogens is 426 g/mol. The van der Waals surface area contributed by atoms with Gasteiger partial charge >= 0.3 is 6.61 Å². The number of aromatic nitrogens is 7. The molecule has 2 aliphatic rings. The third kappa shape index (κ3) is 4.48. The molecular formula is C19H22F2N8OS. The number of ether oxygens (including phenoxy) is 1. The minimum Gasteiger partial charge on any atom is -0.435 e. The van der Waals surface area contributed by atoms with Crippen LogP contribution in [0.15, 0.2) is 29.4 Å². The van der Waals surface area contributed by atoms with Crippen LogP contribution in [0.1, 0.15) is 44.0 Å². The van der Waals surface area contributed by atoms with Crippen LogP contribution in [0.5, 0.6) is 5.75 Å². The maximum Gasteiger partial charge on any atom is 0.387 e. The van der Waals surface area contributed by atoms with Gasteiger partial charge in [-0.2, -0.15) is 13.5 Å². The lowest BCUT2D eigenvalue weighted by molar-refractivity contribution is -0.0498. The van der Waals surface area contributed by atoms with Crippen molar-refractivity contribution in [3.8, 4) is 11.4 Å². The highest BCUT2D eigenvalue weighted by atomic mass is 32.2. The first-order valence-electron chi connectivity index (χ1n) is 10.3. The number of halogens is 2. The second-order valence-corrected chi connectivity index (χ2v) is 8.54. The van der Waals surface area contributed by atoms with Crippen molar-refractivity contribution in [1.29, 1.82) is 0 Å². The smallest absolute Gasteiger partial charge is 0.387 e. The van der Waals surface area contributed by atoms with Crippen molar-refractivity contribution in [2.45, 2.75) is 55.7 Å². The van der Waals surface area contributed by atoms with Crippen molar-refractivity contribution in [2.75, 3.05) is 18.0 Å². The Morgan fingerprint density at radius 2 is 1.81 bits per heavy atom. The molecule has 1 aromatic carbocycles. The molecule has 0 N–H and O–H groups in total. The lowest BCUT2D eigenvalue weighted by atomic mass is 10.1. The van der Waals surface area contributed by atoms with E-state index in [4.69, 9.17) is 0 Å². The summed E-state index contributed by atoms with van der Waals surface area (Å²) in [6.45, 7) is -0.803. The first kappa shape index (κ1) is 20.2. The lowest BCUT2D eigenvalue weighted by Gasteiger charge is -2.27. The summed E-state index contributed by atoms with van der Waals surface area (Å²) in [6, 6.07) is 6.68. The number of hydrogen-bond donors (Lipinski definition) is 0. The molecule has 2 aromatic heterocycles. The monoisotopic (exact) mass is 448 g/mol. The zero-order chi connectivity index (χ0) is 21.2. The number of tetrazole rings is 1. The van der Waals surface area contributed by atoms with E-state index in [2.05, 4.69) is 39.9 Å². The largest absolute Gasteiger partial charge is 0.435 e. The molecule has 3 aromatic rings. The molecule has 5 rings (SSSR count). The van der Waals surface area contributed by atoms with Crippen LogP contribution < -0.4 is 9.64 Å². The van der Waals surface area contributed by atoms with E-state index in [1.54, 1.807) is 28.6 Å². The molecule has 164 valence electrons. The Bertz CT molecular complexity index is 1010. The molecule has 1 aliphatic heterocycles. The zero-order valence-corrected chi connectivity index (χ0v) is 17.6. The van der Waals surface area contributed by atoms with Crippen molar-refractivity contribution < 1.29 is 13.5 Å². The highest BCUT2D eigenvalue weighted by Crippen LogP contribution is 2.41. The normalized spacial score (nSPS) is 16.8. The fourth-order valence-electron chi connectivity index (χ4n) is 3.72. The average molecular weight is 449 g/mol. The lowest BCUT2D eigenvalue weighted by Crippen LogP contribution is -2.31. The minimum absolute atomic E-state index is 0.0885. The second kappa shape index (κ2) is 8.77. The summed E-state index contributed by atoms with van der Waals surface area (Å²) in [6.07, 6.45) is 5.95. The summed E-state index contributed by atoms with van der Waals surface area (Å²) < 4.78 is 33.0. The van der Waals surface area contributed by atoms with Crippen LogP contribution >= 0.6 is 11.8 Å². The third-order valence-corrected chi connectivity index (χ3v) is 6.31. The first-order valence-corrected chi connectivity index (χ1v) is 11.3. The quantitative estimate of drug-likeness (QED) is 0.484. The molecule has 0 amide bonds. The summed E-state index contributed by atoms with van der Waals surface area (Å²) in [5, 5.41) is 21.8. The number of nitrogens with zero attached hydrogens (tertiary/aromatic N) is 8. The Morgan fingerprint density at radius 3 is 2.52 bits per heavy atom. The molecule has 1 saturated carbocycles. The van der Waals surface area contributed by atoms with E-state index in [1.807, 2.05) is 0 Å². The average Bonchev–Trinajstić information content (AvgIpc) is 3.35. The molecule has 0 atom stereocenters. The van der Waals surface area contributed by atoms with Gasteiger partial charge in [-0.25, -0.2) is 0 Å². The molecule has 12 heteroatoms. The van der Waals surface area contributed by atoms with Crippen molar-refractivity contribution in [3.05, 3.63) is 30.1 Å². The van der Waals surface area contributed by atoms with Gasteiger partial charge < -0.3 is 9.64 Å². The van der Waals surface area contributed by atoms with Crippen LogP contribution in [-0.4, -0.2) is 54.7 Å². The topological polar surface area (TPSA) is 86.8 Å². The van der Waals surface area contributed by atoms with Crippen LogP contribution in [0.25, 0.3) is 5.69 Å². The van der Waals surface area contributed by atoms with Crippen LogP contribution in [0, 0.1) is 0 Å². The maximum atomic E-state index is 12.4. The molecule has 0 bridgehead atoms.